The minimum absolute atomic E-state index is 0.503. The van der Waals surface area contributed by atoms with Crippen LogP contribution in [0.5, 0.6) is 0 Å². The molecule has 2 rings (SSSR count). The summed E-state index contributed by atoms with van der Waals surface area (Å²) >= 11 is 7.44. The van der Waals surface area contributed by atoms with Crippen molar-refractivity contribution in [1.82, 2.24) is 4.98 Å². The third-order valence-electron chi connectivity index (χ3n) is 1.83. The largest absolute Gasteiger partial charge is 0.339 e. The van der Waals surface area contributed by atoms with Crippen molar-refractivity contribution in [1.29, 1.82) is 0 Å². The minimum atomic E-state index is 0.503. The highest BCUT2D eigenvalue weighted by Crippen LogP contribution is 2.23. The van der Waals surface area contributed by atoms with Gasteiger partial charge in [-0.05, 0) is 30.0 Å². The number of thiophene rings is 1. The lowest BCUT2D eigenvalue weighted by Crippen LogP contribution is -1.92. The van der Waals surface area contributed by atoms with Gasteiger partial charge in [0.25, 0.3) is 0 Å². The van der Waals surface area contributed by atoms with Crippen LogP contribution in [0.1, 0.15) is 5.56 Å². The predicted molar refractivity (Wildman–Crippen MR) is 61.6 cm³/mol. The van der Waals surface area contributed by atoms with Gasteiger partial charge < -0.3 is 5.32 Å². The summed E-state index contributed by atoms with van der Waals surface area (Å²) < 4.78 is 0. The monoisotopic (exact) mass is 224 g/mol. The highest BCUT2D eigenvalue weighted by atomic mass is 35.5. The van der Waals surface area contributed by atoms with Gasteiger partial charge >= 0.3 is 0 Å². The van der Waals surface area contributed by atoms with E-state index >= 15 is 0 Å². The lowest BCUT2D eigenvalue weighted by atomic mass is 10.3. The van der Waals surface area contributed by atoms with Crippen LogP contribution in [0.15, 0.2) is 29.0 Å². The third kappa shape index (κ3) is 2.05. The zero-order chi connectivity index (χ0) is 9.97. The lowest BCUT2D eigenvalue weighted by molar-refractivity contribution is 1.30. The lowest BCUT2D eigenvalue weighted by Gasteiger charge is -2.04. The van der Waals surface area contributed by atoms with Gasteiger partial charge in [0.05, 0.1) is 5.69 Å². The van der Waals surface area contributed by atoms with Crippen molar-refractivity contribution in [2.75, 3.05) is 5.32 Å². The second-order valence-corrected chi connectivity index (χ2v) is 4.07. The molecule has 2 aromatic heterocycles. The van der Waals surface area contributed by atoms with Crippen LogP contribution in [-0.4, -0.2) is 4.98 Å². The molecule has 0 amide bonds. The zero-order valence-corrected chi connectivity index (χ0v) is 9.19. The van der Waals surface area contributed by atoms with Crippen LogP contribution in [0.3, 0.4) is 0 Å². The molecule has 0 saturated carbocycles. The van der Waals surface area contributed by atoms with Crippen molar-refractivity contribution in [3.8, 4) is 0 Å². The van der Waals surface area contributed by atoms with Gasteiger partial charge in [-0.1, -0.05) is 17.7 Å². The Balaban J connectivity index is 2.23. The molecule has 72 valence electrons. The molecule has 0 radical (unpaired) electrons. The van der Waals surface area contributed by atoms with Gasteiger partial charge in [-0.3, -0.25) is 0 Å². The predicted octanol–water partition coefficient (Wildman–Crippen LogP) is 3.85. The first kappa shape index (κ1) is 9.49. The quantitative estimate of drug-likeness (QED) is 0.784. The van der Waals surface area contributed by atoms with Crippen LogP contribution < -0.4 is 5.32 Å². The van der Waals surface area contributed by atoms with Crippen LogP contribution in [0.4, 0.5) is 11.5 Å². The Labute approximate surface area is 91.6 Å². The number of hydrogen-bond acceptors (Lipinski definition) is 3. The van der Waals surface area contributed by atoms with E-state index in [2.05, 4.69) is 28.0 Å². The molecule has 2 aromatic rings. The van der Waals surface area contributed by atoms with Crippen LogP contribution in [-0.2, 0) is 0 Å². The topological polar surface area (TPSA) is 24.9 Å². The van der Waals surface area contributed by atoms with Crippen molar-refractivity contribution in [2.45, 2.75) is 6.92 Å². The number of anilines is 2. The highest BCUT2D eigenvalue weighted by molar-refractivity contribution is 7.08. The molecule has 0 fully saturated rings. The molecule has 0 aliphatic rings. The zero-order valence-electron chi connectivity index (χ0n) is 7.62. The standard InChI is InChI=1S/C10H9ClN2S/c1-7-5-14-6-8(7)12-10-4-2-3-9(11)13-10/h2-6H,1H3,(H,12,13). The molecule has 0 bridgehead atoms. The number of hydrogen-bond donors (Lipinski definition) is 1. The first-order valence-electron chi connectivity index (χ1n) is 4.18. The summed E-state index contributed by atoms with van der Waals surface area (Å²) in [4.78, 5) is 4.15. The molecular formula is C10H9ClN2S. The number of nitrogens with one attached hydrogen (secondary N) is 1. The van der Waals surface area contributed by atoms with Gasteiger partial charge in [0, 0.05) is 5.38 Å². The van der Waals surface area contributed by atoms with Crippen molar-refractivity contribution in [2.24, 2.45) is 0 Å². The molecule has 0 atom stereocenters. The van der Waals surface area contributed by atoms with E-state index in [-0.39, 0.29) is 0 Å². The molecule has 14 heavy (non-hydrogen) atoms. The molecule has 2 heterocycles. The summed E-state index contributed by atoms with van der Waals surface area (Å²) in [6, 6.07) is 5.52. The number of pyridine rings is 1. The Kier molecular flexibility index (Phi) is 2.70. The maximum atomic E-state index is 5.78. The van der Waals surface area contributed by atoms with E-state index in [1.807, 2.05) is 12.1 Å². The molecular weight excluding hydrogens is 216 g/mol. The molecule has 0 spiro atoms. The normalized spacial score (nSPS) is 10.1. The summed E-state index contributed by atoms with van der Waals surface area (Å²) in [6.07, 6.45) is 0. The fraction of sp³-hybridized carbons (Fsp3) is 0.100. The number of nitrogens with zero attached hydrogens (tertiary/aromatic N) is 1. The number of halogens is 1. The van der Waals surface area contributed by atoms with Crippen LogP contribution in [0.25, 0.3) is 0 Å². The van der Waals surface area contributed by atoms with Crippen LogP contribution >= 0.6 is 22.9 Å². The Morgan fingerprint density at radius 2 is 2.21 bits per heavy atom. The maximum Gasteiger partial charge on any atom is 0.132 e. The molecule has 0 aliphatic carbocycles. The molecule has 2 nitrogen and oxygen atoms in total. The Bertz CT molecular complexity index is 439. The summed E-state index contributed by atoms with van der Waals surface area (Å²) in [5, 5.41) is 7.85. The highest BCUT2D eigenvalue weighted by Gasteiger charge is 2.00. The number of rotatable bonds is 2. The van der Waals surface area contributed by atoms with Crippen LogP contribution in [0, 0.1) is 6.92 Å². The average molecular weight is 225 g/mol. The average Bonchev–Trinajstić information content (AvgIpc) is 2.52. The van der Waals surface area contributed by atoms with Crippen molar-refractivity contribution in [3.05, 3.63) is 39.7 Å². The van der Waals surface area contributed by atoms with Gasteiger partial charge in [-0.15, -0.1) is 11.3 Å². The smallest absolute Gasteiger partial charge is 0.132 e. The fourth-order valence-electron chi connectivity index (χ4n) is 1.10. The van der Waals surface area contributed by atoms with Gasteiger partial charge in [0.15, 0.2) is 0 Å². The Morgan fingerprint density at radius 1 is 1.36 bits per heavy atom. The van der Waals surface area contributed by atoms with E-state index in [0.29, 0.717) is 5.15 Å². The van der Waals surface area contributed by atoms with E-state index < -0.39 is 0 Å². The molecule has 0 aliphatic heterocycles. The van der Waals surface area contributed by atoms with E-state index in [9.17, 15) is 0 Å². The summed E-state index contributed by atoms with van der Waals surface area (Å²) in [6.45, 7) is 2.06. The van der Waals surface area contributed by atoms with Crippen molar-refractivity contribution >= 4 is 34.4 Å². The summed E-state index contributed by atoms with van der Waals surface area (Å²) in [5.41, 5.74) is 2.31. The second kappa shape index (κ2) is 3.98. The summed E-state index contributed by atoms with van der Waals surface area (Å²) in [5.74, 6) is 0.777. The fourth-order valence-corrected chi connectivity index (χ4v) is 2.05. The van der Waals surface area contributed by atoms with E-state index in [4.69, 9.17) is 11.6 Å². The Morgan fingerprint density at radius 3 is 2.86 bits per heavy atom. The first-order chi connectivity index (χ1) is 6.75. The number of aromatic nitrogens is 1. The minimum Gasteiger partial charge on any atom is -0.339 e. The van der Waals surface area contributed by atoms with E-state index in [1.165, 1.54) is 5.56 Å². The molecule has 4 heteroatoms. The maximum absolute atomic E-state index is 5.78. The van der Waals surface area contributed by atoms with Gasteiger partial charge in [0.2, 0.25) is 0 Å². The SMILES string of the molecule is Cc1cscc1Nc1cccc(Cl)n1. The van der Waals surface area contributed by atoms with E-state index in [0.717, 1.165) is 11.5 Å². The van der Waals surface area contributed by atoms with Gasteiger partial charge in [0.1, 0.15) is 11.0 Å². The van der Waals surface area contributed by atoms with Crippen LogP contribution in [0.2, 0.25) is 5.15 Å². The molecule has 1 N–H and O–H groups in total. The van der Waals surface area contributed by atoms with Gasteiger partial charge in [-0.2, -0.15) is 0 Å². The third-order valence-corrected chi connectivity index (χ3v) is 2.91. The van der Waals surface area contributed by atoms with Crippen molar-refractivity contribution in [3.63, 3.8) is 0 Å². The summed E-state index contributed by atoms with van der Waals surface area (Å²) in [7, 11) is 0. The number of aryl methyl sites for hydroxylation is 1. The van der Waals surface area contributed by atoms with Crippen molar-refractivity contribution < 1.29 is 0 Å². The molecule has 0 saturated heterocycles. The second-order valence-electron chi connectivity index (χ2n) is 2.94. The molecule has 0 aromatic carbocycles. The van der Waals surface area contributed by atoms with Gasteiger partial charge in [-0.25, -0.2) is 4.98 Å². The molecule has 0 unspecified atom stereocenters. The van der Waals surface area contributed by atoms with E-state index in [1.54, 1.807) is 17.4 Å². The Hall–Kier alpha value is -1.06. The first-order valence-corrected chi connectivity index (χ1v) is 5.50.